The molecular weight excluding hydrogens is 160 g/mol. The summed E-state index contributed by atoms with van der Waals surface area (Å²) < 4.78 is 4.43. The summed E-state index contributed by atoms with van der Waals surface area (Å²) in [5.41, 5.74) is 0. The molecule has 0 aromatic carbocycles. The number of nitrogens with zero attached hydrogens (tertiary/aromatic N) is 4. The first kappa shape index (κ1) is 8.63. The van der Waals surface area contributed by atoms with Crippen LogP contribution in [-0.2, 0) is 22.5 Å². The molecule has 1 aromatic rings. The molecule has 0 N–H and O–H groups in total. The van der Waals surface area contributed by atoms with E-state index in [0.717, 1.165) is 0 Å². The molecule has 66 valence electrons. The van der Waals surface area contributed by atoms with Gasteiger partial charge in [0.05, 0.1) is 7.11 Å². The maximum Gasteiger partial charge on any atom is 0.329 e. The average Bonchev–Trinajstić information content (AvgIpc) is 2.52. The molecule has 0 aliphatic carbocycles. The number of methoxy groups -OCH3 is 1. The minimum Gasteiger partial charge on any atom is -0.468 e. The van der Waals surface area contributed by atoms with E-state index in [-0.39, 0.29) is 12.5 Å². The number of hydrogen-bond acceptors (Lipinski definition) is 5. The van der Waals surface area contributed by atoms with Gasteiger partial charge in [0, 0.05) is 6.42 Å². The topological polar surface area (TPSA) is 69.9 Å². The van der Waals surface area contributed by atoms with Gasteiger partial charge in [0.1, 0.15) is 0 Å². The first-order valence-corrected chi connectivity index (χ1v) is 3.59. The number of carbonyl (C=O) groups excluding carboxylic acids is 1. The van der Waals surface area contributed by atoms with Crippen molar-refractivity contribution in [2.24, 2.45) is 0 Å². The van der Waals surface area contributed by atoms with Gasteiger partial charge in [-0.3, -0.25) is 0 Å². The summed E-state index contributed by atoms with van der Waals surface area (Å²) in [6, 6.07) is 0. The van der Waals surface area contributed by atoms with Crippen LogP contribution >= 0.6 is 0 Å². The zero-order valence-corrected chi connectivity index (χ0v) is 7.02. The van der Waals surface area contributed by atoms with Gasteiger partial charge in [-0.1, -0.05) is 6.92 Å². The fourth-order valence-corrected chi connectivity index (χ4v) is 0.665. The van der Waals surface area contributed by atoms with Gasteiger partial charge in [0.15, 0.2) is 12.4 Å². The lowest BCUT2D eigenvalue weighted by Crippen LogP contribution is -2.14. The van der Waals surface area contributed by atoms with E-state index in [0.29, 0.717) is 12.2 Å². The zero-order valence-electron chi connectivity index (χ0n) is 7.02. The Morgan fingerprint density at radius 1 is 1.67 bits per heavy atom. The number of hydrogen-bond donors (Lipinski definition) is 0. The summed E-state index contributed by atoms with van der Waals surface area (Å²) in [6.07, 6.45) is 0.709. The van der Waals surface area contributed by atoms with E-state index in [9.17, 15) is 4.79 Å². The standard InChI is InChI=1S/C6H10N4O2/c1-3-5-7-9-10(8-5)4-6(11)12-2/h3-4H2,1-2H3. The van der Waals surface area contributed by atoms with Crippen LogP contribution in [0.5, 0.6) is 0 Å². The van der Waals surface area contributed by atoms with Crippen LogP contribution in [0.3, 0.4) is 0 Å². The fraction of sp³-hybridized carbons (Fsp3) is 0.667. The SMILES string of the molecule is CCc1nnn(CC(=O)OC)n1. The van der Waals surface area contributed by atoms with E-state index in [1.165, 1.54) is 11.9 Å². The molecule has 1 aromatic heterocycles. The second kappa shape index (κ2) is 3.80. The second-order valence-corrected chi connectivity index (χ2v) is 2.17. The molecule has 0 atom stereocenters. The normalized spacial score (nSPS) is 9.83. The van der Waals surface area contributed by atoms with Crippen LogP contribution in [0.4, 0.5) is 0 Å². The zero-order chi connectivity index (χ0) is 8.97. The summed E-state index contributed by atoms with van der Waals surface area (Å²) in [5.74, 6) is 0.244. The van der Waals surface area contributed by atoms with Crippen LogP contribution < -0.4 is 0 Å². The highest BCUT2D eigenvalue weighted by Crippen LogP contribution is 1.87. The van der Waals surface area contributed by atoms with Crippen LogP contribution in [0.15, 0.2) is 0 Å². The van der Waals surface area contributed by atoms with Crippen molar-refractivity contribution < 1.29 is 9.53 Å². The number of carbonyl (C=O) groups is 1. The Morgan fingerprint density at radius 3 is 2.92 bits per heavy atom. The van der Waals surface area contributed by atoms with Crippen LogP contribution in [0.25, 0.3) is 0 Å². The Labute approximate surface area is 69.5 Å². The number of esters is 1. The summed E-state index contributed by atoms with van der Waals surface area (Å²) in [7, 11) is 1.32. The van der Waals surface area contributed by atoms with Crippen molar-refractivity contribution in [3.63, 3.8) is 0 Å². The van der Waals surface area contributed by atoms with Gasteiger partial charge < -0.3 is 4.74 Å². The van der Waals surface area contributed by atoms with E-state index in [1.807, 2.05) is 6.92 Å². The first-order valence-electron chi connectivity index (χ1n) is 3.59. The fourth-order valence-electron chi connectivity index (χ4n) is 0.665. The molecule has 0 saturated heterocycles. The van der Waals surface area contributed by atoms with Crippen molar-refractivity contribution in [2.75, 3.05) is 7.11 Å². The molecule has 0 radical (unpaired) electrons. The molecule has 0 unspecified atom stereocenters. The smallest absolute Gasteiger partial charge is 0.329 e. The molecule has 1 heterocycles. The van der Waals surface area contributed by atoms with Crippen molar-refractivity contribution in [1.82, 2.24) is 20.2 Å². The van der Waals surface area contributed by atoms with Gasteiger partial charge in [-0.05, 0) is 5.21 Å². The van der Waals surface area contributed by atoms with E-state index in [4.69, 9.17) is 0 Å². The predicted molar refractivity (Wildman–Crippen MR) is 39.2 cm³/mol. The Bertz CT molecular complexity index is 270. The largest absolute Gasteiger partial charge is 0.468 e. The summed E-state index contributed by atoms with van der Waals surface area (Å²) >= 11 is 0. The molecular formula is C6H10N4O2. The number of tetrazole rings is 1. The van der Waals surface area contributed by atoms with E-state index in [2.05, 4.69) is 20.1 Å². The summed E-state index contributed by atoms with van der Waals surface area (Å²) in [5, 5.41) is 11.3. The molecule has 1 rings (SSSR count). The lowest BCUT2D eigenvalue weighted by Gasteiger charge is -1.94. The molecule has 6 nitrogen and oxygen atoms in total. The van der Waals surface area contributed by atoms with Crippen molar-refractivity contribution in [2.45, 2.75) is 19.9 Å². The van der Waals surface area contributed by atoms with Crippen molar-refractivity contribution in [3.8, 4) is 0 Å². The molecule has 0 aliphatic rings. The minimum absolute atomic E-state index is 0.0174. The quantitative estimate of drug-likeness (QED) is 0.567. The monoisotopic (exact) mass is 170 g/mol. The van der Waals surface area contributed by atoms with E-state index < -0.39 is 0 Å². The molecule has 0 aliphatic heterocycles. The van der Waals surface area contributed by atoms with Gasteiger partial charge in [-0.25, -0.2) is 4.79 Å². The number of ether oxygens (including phenoxy) is 1. The van der Waals surface area contributed by atoms with Gasteiger partial charge >= 0.3 is 5.97 Å². The van der Waals surface area contributed by atoms with Gasteiger partial charge in [0.25, 0.3) is 0 Å². The van der Waals surface area contributed by atoms with Crippen LogP contribution in [0, 0.1) is 0 Å². The molecule has 0 spiro atoms. The highest BCUT2D eigenvalue weighted by Gasteiger charge is 2.05. The summed E-state index contributed by atoms with van der Waals surface area (Å²) in [6.45, 7) is 1.93. The first-order chi connectivity index (χ1) is 5.76. The molecule has 0 saturated carbocycles. The average molecular weight is 170 g/mol. The van der Waals surface area contributed by atoms with Gasteiger partial charge in [-0.2, -0.15) is 4.80 Å². The van der Waals surface area contributed by atoms with Crippen molar-refractivity contribution in [3.05, 3.63) is 5.82 Å². The number of aryl methyl sites for hydroxylation is 1. The third kappa shape index (κ3) is 2.01. The third-order valence-electron chi connectivity index (χ3n) is 1.31. The summed E-state index contributed by atoms with van der Waals surface area (Å²) in [4.78, 5) is 11.9. The highest BCUT2D eigenvalue weighted by atomic mass is 16.5. The lowest BCUT2D eigenvalue weighted by molar-refractivity contribution is -0.141. The Morgan fingerprint density at radius 2 is 2.42 bits per heavy atom. The third-order valence-corrected chi connectivity index (χ3v) is 1.31. The lowest BCUT2D eigenvalue weighted by atomic mass is 10.5. The minimum atomic E-state index is -0.380. The molecule has 6 heteroatoms. The second-order valence-electron chi connectivity index (χ2n) is 2.17. The molecule has 12 heavy (non-hydrogen) atoms. The maximum absolute atomic E-state index is 10.7. The van der Waals surface area contributed by atoms with Crippen LogP contribution in [-0.4, -0.2) is 33.3 Å². The van der Waals surface area contributed by atoms with Crippen LogP contribution in [0.1, 0.15) is 12.7 Å². The van der Waals surface area contributed by atoms with E-state index in [1.54, 1.807) is 0 Å². The van der Waals surface area contributed by atoms with Crippen molar-refractivity contribution >= 4 is 5.97 Å². The predicted octanol–water partition coefficient (Wildman–Crippen LogP) is -0.592. The van der Waals surface area contributed by atoms with E-state index >= 15 is 0 Å². The molecule has 0 bridgehead atoms. The highest BCUT2D eigenvalue weighted by molar-refractivity contribution is 5.68. The Balaban J connectivity index is 2.58. The van der Waals surface area contributed by atoms with Crippen molar-refractivity contribution in [1.29, 1.82) is 0 Å². The Hall–Kier alpha value is -1.46. The number of aromatic nitrogens is 4. The maximum atomic E-state index is 10.7. The molecule has 0 fully saturated rings. The number of rotatable bonds is 3. The van der Waals surface area contributed by atoms with Crippen LogP contribution in [0.2, 0.25) is 0 Å². The van der Waals surface area contributed by atoms with Gasteiger partial charge in [-0.15, -0.1) is 10.2 Å². The Kier molecular flexibility index (Phi) is 2.73. The van der Waals surface area contributed by atoms with Gasteiger partial charge in [0.2, 0.25) is 0 Å². The molecule has 0 amide bonds.